The Bertz CT molecular complexity index is 186. The Kier molecular flexibility index (Phi) is 7.18. The average Bonchev–Trinajstić information content (AvgIpc) is 2.24. The summed E-state index contributed by atoms with van der Waals surface area (Å²) in [6, 6.07) is 0.688. The molecule has 17 heavy (non-hydrogen) atoms. The average molecular weight is 239 g/mol. The molecule has 1 aliphatic heterocycles. The molecule has 1 heteroatoms. The van der Waals surface area contributed by atoms with Crippen molar-refractivity contribution in [3.63, 3.8) is 0 Å². The van der Waals surface area contributed by atoms with Gasteiger partial charge in [0, 0.05) is 6.04 Å². The Morgan fingerprint density at radius 2 is 1.35 bits per heavy atom. The molecule has 0 bridgehead atoms. The van der Waals surface area contributed by atoms with Gasteiger partial charge in [0.25, 0.3) is 0 Å². The zero-order valence-corrected chi connectivity index (χ0v) is 12.4. The van der Waals surface area contributed by atoms with Crippen molar-refractivity contribution in [2.24, 2.45) is 5.41 Å². The van der Waals surface area contributed by atoms with Crippen LogP contribution in [0, 0.1) is 5.41 Å². The highest BCUT2D eigenvalue weighted by Crippen LogP contribution is 2.29. The first-order valence-electron chi connectivity index (χ1n) is 7.83. The summed E-state index contributed by atoms with van der Waals surface area (Å²) in [5, 5.41) is 3.69. The molecule has 1 heterocycles. The van der Waals surface area contributed by atoms with Crippen LogP contribution in [0.2, 0.25) is 0 Å². The maximum Gasteiger partial charge on any atom is 0.00438 e. The minimum Gasteiger partial charge on any atom is -0.314 e. The summed E-state index contributed by atoms with van der Waals surface area (Å²) >= 11 is 0. The number of hydrogen-bond donors (Lipinski definition) is 1. The first kappa shape index (κ1) is 15.0. The van der Waals surface area contributed by atoms with E-state index in [1.165, 1.54) is 70.8 Å². The molecular formula is C16H33N. The summed E-state index contributed by atoms with van der Waals surface area (Å²) in [6.07, 6.45) is 14.2. The molecule has 1 atom stereocenters. The van der Waals surface area contributed by atoms with Crippen molar-refractivity contribution >= 4 is 0 Å². The fraction of sp³-hybridized carbons (Fsp3) is 1.00. The van der Waals surface area contributed by atoms with E-state index in [1.807, 2.05) is 0 Å². The molecule has 1 saturated heterocycles. The van der Waals surface area contributed by atoms with Crippen molar-refractivity contribution in [2.45, 2.75) is 91.0 Å². The van der Waals surface area contributed by atoms with Gasteiger partial charge in [0.1, 0.15) is 0 Å². The Morgan fingerprint density at radius 3 is 2.00 bits per heavy atom. The lowest BCUT2D eigenvalue weighted by atomic mass is 9.81. The maximum atomic E-state index is 3.69. The molecular weight excluding hydrogens is 206 g/mol. The molecule has 102 valence electrons. The van der Waals surface area contributed by atoms with Gasteiger partial charge in [0.15, 0.2) is 0 Å². The third-order valence-electron chi connectivity index (χ3n) is 4.13. The Labute approximate surface area is 109 Å². The summed E-state index contributed by atoms with van der Waals surface area (Å²) in [4.78, 5) is 0. The second-order valence-electron chi connectivity index (χ2n) is 6.80. The smallest absolute Gasteiger partial charge is 0.00438 e. The molecule has 1 rings (SSSR count). The molecule has 0 spiro atoms. The van der Waals surface area contributed by atoms with Crippen LogP contribution in [-0.2, 0) is 0 Å². The maximum absolute atomic E-state index is 3.69. The molecule has 1 N–H and O–H groups in total. The third kappa shape index (κ3) is 7.81. The highest BCUT2D eigenvalue weighted by Gasteiger charge is 2.20. The molecule has 0 radical (unpaired) electrons. The highest BCUT2D eigenvalue weighted by atomic mass is 14.9. The van der Waals surface area contributed by atoms with Crippen LogP contribution in [0.3, 0.4) is 0 Å². The van der Waals surface area contributed by atoms with E-state index in [4.69, 9.17) is 0 Å². The summed E-state index contributed by atoms with van der Waals surface area (Å²) in [5.74, 6) is 0. The molecule has 0 amide bonds. The standard InChI is InChI=1S/C16H33N/c1-15-14-16(2,3)12-10-8-6-4-5-7-9-11-13-17-15/h15,17H,4-14H2,1-3H3. The predicted octanol–water partition coefficient (Wildman–Crippen LogP) is 4.91. The Morgan fingerprint density at radius 1 is 0.824 bits per heavy atom. The topological polar surface area (TPSA) is 12.0 Å². The summed E-state index contributed by atoms with van der Waals surface area (Å²) in [6.45, 7) is 8.46. The predicted molar refractivity (Wildman–Crippen MR) is 77.4 cm³/mol. The van der Waals surface area contributed by atoms with E-state index in [0.29, 0.717) is 11.5 Å². The van der Waals surface area contributed by atoms with E-state index in [1.54, 1.807) is 0 Å². The van der Waals surface area contributed by atoms with Crippen molar-refractivity contribution < 1.29 is 0 Å². The van der Waals surface area contributed by atoms with Crippen molar-refractivity contribution in [3.8, 4) is 0 Å². The van der Waals surface area contributed by atoms with Crippen molar-refractivity contribution in [1.29, 1.82) is 0 Å². The van der Waals surface area contributed by atoms with Gasteiger partial charge in [-0.3, -0.25) is 0 Å². The zero-order valence-electron chi connectivity index (χ0n) is 12.4. The van der Waals surface area contributed by atoms with Gasteiger partial charge >= 0.3 is 0 Å². The SMILES string of the molecule is CC1CC(C)(C)CCCCCCCCCCN1. The van der Waals surface area contributed by atoms with Crippen molar-refractivity contribution in [1.82, 2.24) is 5.32 Å². The van der Waals surface area contributed by atoms with Crippen LogP contribution in [0.1, 0.15) is 85.0 Å². The molecule has 0 aromatic heterocycles. The Balaban J connectivity index is 2.33. The Hall–Kier alpha value is -0.0400. The monoisotopic (exact) mass is 239 g/mol. The second kappa shape index (κ2) is 8.13. The minimum atomic E-state index is 0.524. The molecule has 0 aromatic rings. The minimum absolute atomic E-state index is 0.524. The van der Waals surface area contributed by atoms with Gasteiger partial charge in [-0.05, 0) is 38.1 Å². The van der Waals surface area contributed by atoms with E-state index in [9.17, 15) is 0 Å². The van der Waals surface area contributed by atoms with Crippen LogP contribution in [0.15, 0.2) is 0 Å². The molecule has 1 fully saturated rings. The number of rotatable bonds is 0. The fourth-order valence-electron chi connectivity index (χ4n) is 3.14. The van der Waals surface area contributed by atoms with E-state index in [-0.39, 0.29) is 0 Å². The third-order valence-corrected chi connectivity index (χ3v) is 4.13. The molecule has 0 saturated carbocycles. The summed E-state index contributed by atoms with van der Waals surface area (Å²) < 4.78 is 0. The molecule has 0 aliphatic carbocycles. The lowest BCUT2D eigenvalue weighted by Crippen LogP contribution is -2.32. The second-order valence-corrected chi connectivity index (χ2v) is 6.80. The molecule has 1 aliphatic rings. The van der Waals surface area contributed by atoms with Crippen molar-refractivity contribution in [3.05, 3.63) is 0 Å². The number of hydrogen-bond acceptors (Lipinski definition) is 1. The normalized spacial score (nSPS) is 29.5. The quantitative estimate of drug-likeness (QED) is 0.633. The van der Waals surface area contributed by atoms with E-state index in [2.05, 4.69) is 26.1 Å². The van der Waals surface area contributed by atoms with Crippen LogP contribution in [-0.4, -0.2) is 12.6 Å². The van der Waals surface area contributed by atoms with Gasteiger partial charge in [-0.15, -0.1) is 0 Å². The van der Waals surface area contributed by atoms with Gasteiger partial charge in [0.05, 0.1) is 0 Å². The molecule has 1 unspecified atom stereocenters. The lowest BCUT2D eigenvalue weighted by molar-refractivity contribution is 0.257. The van der Waals surface area contributed by atoms with E-state index < -0.39 is 0 Å². The molecule has 1 nitrogen and oxygen atoms in total. The highest BCUT2D eigenvalue weighted by molar-refractivity contribution is 4.75. The van der Waals surface area contributed by atoms with Crippen molar-refractivity contribution in [2.75, 3.05) is 6.54 Å². The lowest BCUT2D eigenvalue weighted by Gasteiger charge is -2.29. The van der Waals surface area contributed by atoms with E-state index >= 15 is 0 Å². The van der Waals surface area contributed by atoms with Gasteiger partial charge in [-0.2, -0.15) is 0 Å². The first-order valence-corrected chi connectivity index (χ1v) is 7.83. The van der Waals surface area contributed by atoms with E-state index in [0.717, 1.165) is 0 Å². The zero-order chi connectivity index (χ0) is 12.6. The fourth-order valence-corrected chi connectivity index (χ4v) is 3.14. The van der Waals surface area contributed by atoms with Crippen LogP contribution >= 0.6 is 0 Å². The van der Waals surface area contributed by atoms with Crippen LogP contribution in [0.5, 0.6) is 0 Å². The molecule has 0 aromatic carbocycles. The van der Waals surface area contributed by atoms with Gasteiger partial charge < -0.3 is 5.32 Å². The first-order chi connectivity index (χ1) is 8.10. The van der Waals surface area contributed by atoms with Crippen LogP contribution in [0.4, 0.5) is 0 Å². The van der Waals surface area contributed by atoms with Gasteiger partial charge in [-0.25, -0.2) is 0 Å². The van der Waals surface area contributed by atoms with Gasteiger partial charge in [0.2, 0.25) is 0 Å². The summed E-state index contributed by atoms with van der Waals surface area (Å²) in [5.41, 5.74) is 0.524. The number of nitrogens with one attached hydrogen (secondary N) is 1. The van der Waals surface area contributed by atoms with Crippen LogP contribution < -0.4 is 5.32 Å². The van der Waals surface area contributed by atoms with Crippen LogP contribution in [0.25, 0.3) is 0 Å². The summed E-state index contributed by atoms with van der Waals surface area (Å²) in [7, 11) is 0. The largest absolute Gasteiger partial charge is 0.314 e. The van der Waals surface area contributed by atoms with Gasteiger partial charge in [-0.1, -0.05) is 58.8 Å².